The van der Waals surface area contributed by atoms with Gasteiger partial charge in [0.1, 0.15) is 0 Å². The van der Waals surface area contributed by atoms with Crippen LogP contribution in [0.15, 0.2) is 97.1 Å². The minimum atomic E-state index is -5.81. The van der Waals surface area contributed by atoms with Crippen molar-refractivity contribution in [1.29, 1.82) is 0 Å². The molecule has 0 unspecified atom stereocenters. The lowest BCUT2D eigenvalue weighted by Gasteiger charge is -2.35. The molecule has 4 aromatic carbocycles. The second-order valence-corrected chi connectivity index (χ2v) is 15.5. The highest BCUT2D eigenvalue weighted by atomic mass is 32.1. The smallest absolute Gasteiger partial charge is 0.308 e. The molecule has 0 aromatic heterocycles. The summed E-state index contributed by atoms with van der Waals surface area (Å²) in [5.41, 5.74) is -6.85. The maximum absolute atomic E-state index is 15.5. The second kappa shape index (κ2) is 11.3. The molecule has 0 N–H and O–H groups in total. The van der Waals surface area contributed by atoms with Crippen LogP contribution in [0.4, 0.5) is 52.7 Å². The molecule has 0 bridgehead atoms. The van der Waals surface area contributed by atoms with E-state index < -0.39 is 82.6 Å². The van der Waals surface area contributed by atoms with Gasteiger partial charge in [-0.2, -0.15) is 52.7 Å². The van der Waals surface area contributed by atoms with Crippen molar-refractivity contribution in [2.45, 2.75) is 24.7 Å². The maximum atomic E-state index is 15.5. The third kappa shape index (κ3) is 6.34. The highest BCUT2D eigenvalue weighted by molar-refractivity contribution is 8.44. The number of rotatable bonds is 5. The number of hydrogen-bond donors (Lipinski definition) is 0. The first-order valence-electron chi connectivity index (χ1n) is 11.9. The Balaban J connectivity index is 2.34. The van der Waals surface area contributed by atoms with Crippen LogP contribution in [-0.2, 0) is 29.3 Å². The fourth-order valence-corrected chi connectivity index (χ4v) is 14.2. The van der Waals surface area contributed by atoms with Crippen molar-refractivity contribution < 1.29 is 57.3 Å². The van der Waals surface area contributed by atoms with Gasteiger partial charge in [-0.05, 0) is 24.3 Å². The van der Waals surface area contributed by atoms with Crippen molar-refractivity contribution in [3.8, 4) is 0 Å². The van der Waals surface area contributed by atoms with Crippen LogP contribution in [0, 0.1) is 0 Å². The predicted octanol–water partition coefficient (Wildman–Crippen LogP) is 9.12. The number of halogens is 12. The van der Waals surface area contributed by atoms with E-state index in [0.29, 0.717) is 48.5 Å². The Kier molecular flexibility index (Phi) is 8.59. The van der Waals surface area contributed by atoms with E-state index >= 15 is 4.57 Å². The lowest BCUT2D eigenvalue weighted by atomic mass is 10.2. The van der Waals surface area contributed by atoms with Crippen LogP contribution in [0.25, 0.3) is 0 Å². The highest BCUT2D eigenvalue weighted by Crippen LogP contribution is 2.75. The molecule has 228 valence electrons. The minimum Gasteiger partial charge on any atom is -0.308 e. The summed E-state index contributed by atoms with van der Waals surface area (Å²) in [6.07, 6.45) is -21.5. The minimum absolute atomic E-state index is 0.358. The molecular weight excluding hydrogens is 642 g/mol. The van der Waals surface area contributed by atoms with Gasteiger partial charge < -0.3 is 4.57 Å². The van der Waals surface area contributed by atoms with E-state index in [1.165, 1.54) is 0 Å². The van der Waals surface area contributed by atoms with Gasteiger partial charge in [-0.25, -0.2) is 0 Å². The molecule has 15 heteroatoms. The van der Waals surface area contributed by atoms with Crippen molar-refractivity contribution in [2.24, 2.45) is 0 Å². The lowest BCUT2D eigenvalue weighted by Crippen LogP contribution is -2.34. The quantitative estimate of drug-likeness (QED) is 0.155. The molecule has 0 aliphatic heterocycles. The number of hydrogen-bond acceptors (Lipinski definition) is 1. The zero-order valence-electron chi connectivity index (χ0n) is 21.1. The van der Waals surface area contributed by atoms with E-state index in [0.717, 1.165) is 48.5 Å². The summed E-state index contributed by atoms with van der Waals surface area (Å²) in [5.74, 6) is 0. The SMILES string of the molecule is O=P(c1ccccc1C(F)(F)F)(c1ccccc1C(F)(F)F)P(c1ccccc1C(F)(F)F)c1ccccc1C(F)(F)F. The van der Waals surface area contributed by atoms with Crippen LogP contribution in [0.5, 0.6) is 0 Å². The van der Waals surface area contributed by atoms with Gasteiger partial charge in [0.15, 0.2) is 6.83 Å². The molecule has 0 radical (unpaired) electrons. The van der Waals surface area contributed by atoms with Gasteiger partial charge in [0.2, 0.25) is 0 Å². The Labute approximate surface area is 237 Å². The van der Waals surface area contributed by atoms with Crippen molar-refractivity contribution in [2.75, 3.05) is 0 Å². The molecule has 0 heterocycles. The molecule has 0 aliphatic rings. The van der Waals surface area contributed by atoms with Crippen molar-refractivity contribution in [3.05, 3.63) is 119 Å². The number of benzene rings is 4. The third-order valence-electron chi connectivity index (χ3n) is 6.23. The van der Waals surface area contributed by atoms with E-state index in [-0.39, 0.29) is 0 Å². The first-order chi connectivity index (χ1) is 19.8. The second-order valence-electron chi connectivity index (χ2n) is 8.95. The Hall–Kier alpha value is -3.30. The van der Waals surface area contributed by atoms with Gasteiger partial charge >= 0.3 is 24.7 Å². The molecule has 0 aliphatic carbocycles. The van der Waals surface area contributed by atoms with Crippen molar-refractivity contribution in [3.63, 3.8) is 0 Å². The first kappa shape index (κ1) is 32.6. The molecule has 43 heavy (non-hydrogen) atoms. The van der Waals surface area contributed by atoms with Crippen LogP contribution >= 0.6 is 14.4 Å². The largest absolute Gasteiger partial charge is 0.417 e. The molecular formula is C28H16F12OP2. The van der Waals surface area contributed by atoms with Crippen LogP contribution in [0.2, 0.25) is 0 Å². The molecule has 0 saturated heterocycles. The monoisotopic (exact) mass is 658 g/mol. The van der Waals surface area contributed by atoms with Crippen LogP contribution in [0.1, 0.15) is 22.3 Å². The van der Waals surface area contributed by atoms with Crippen molar-refractivity contribution in [1.82, 2.24) is 0 Å². The molecule has 1 nitrogen and oxygen atoms in total. The fraction of sp³-hybridized carbons (Fsp3) is 0.143. The van der Waals surface area contributed by atoms with E-state index in [2.05, 4.69) is 0 Å². The third-order valence-corrected chi connectivity index (χ3v) is 14.8. The molecule has 0 spiro atoms. The first-order valence-corrected chi connectivity index (χ1v) is 15.6. The summed E-state index contributed by atoms with van der Waals surface area (Å²) in [4.78, 5) is 0. The Morgan fingerprint density at radius 1 is 0.395 bits per heavy atom. The summed E-state index contributed by atoms with van der Waals surface area (Å²) in [7, 11) is -3.83. The summed E-state index contributed by atoms with van der Waals surface area (Å²) in [6, 6.07) is 10.7. The van der Waals surface area contributed by atoms with Crippen LogP contribution < -0.4 is 21.2 Å². The standard InChI is InChI=1S/C28H16F12OP2/c29-25(30,31)17-9-1-5-13-21(17)42(22-14-6-2-10-18(22)26(32,33)34)43(41,23-15-7-3-11-19(23)27(35,36)37)24-16-8-4-12-20(24)28(38,39)40/h1-16H. The lowest BCUT2D eigenvalue weighted by molar-refractivity contribution is -0.137. The van der Waals surface area contributed by atoms with Crippen LogP contribution in [0.3, 0.4) is 0 Å². The molecule has 0 amide bonds. The average molecular weight is 658 g/mol. The van der Waals surface area contributed by atoms with Gasteiger partial charge in [0.25, 0.3) is 0 Å². The zero-order chi connectivity index (χ0) is 32.0. The van der Waals surface area contributed by atoms with Crippen LogP contribution in [-0.4, -0.2) is 0 Å². The van der Waals surface area contributed by atoms with Gasteiger partial charge in [0, 0.05) is 28.8 Å². The molecule has 0 atom stereocenters. The van der Waals surface area contributed by atoms with E-state index in [4.69, 9.17) is 0 Å². The fourth-order valence-electron chi connectivity index (χ4n) is 4.53. The molecule has 0 fully saturated rings. The predicted molar refractivity (Wildman–Crippen MR) is 139 cm³/mol. The van der Waals surface area contributed by atoms with Gasteiger partial charge in [0.05, 0.1) is 22.3 Å². The topological polar surface area (TPSA) is 17.1 Å². The normalized spacial score (nSPS) is 13.4. The van der Waals surface area contributed by atoms with Crippen molar-refractivity contribution >= 4 is 35.7 Å². The van der Waals surface area contributed by atoms with Gasteiger partial charge in [-0.3, -0.25) is 0 Å². The summed E-state index contributed by atoms with van der Waals surface area (Å²) >= 11 is 0. The Bertz CT molecular complexity index is 1550. The van der Waals surface area contributed by atoms with Gasteiger partial charge in [-0.1, -0.05) is 72.8 Å². The van der Waals surface area contributed by atoms with Gasteiger partial charge in [-0.15, -0.1) is 0 Å². The number of alkyl halides is 12. The Morgan fingerprint density at radius 3 is 0.953 bits per heavy atom. The average Bonchev–Trinajstić information content (AvgIpc) is 2.91. The summed E-state index contributed by atoms with van der Waals surface area (Å²) in [6.45, 7) is -5.81. The maximum Gasteiger partial charge on any atom is 0.417 e. The summed E-state index contributed by atoms with van der Waals surface area (Å²) < 4.78 is 187. The molecule has 4 rings (SSSR count). The summed E-state index contributed by atoms with van der Waals surface area (Å²) in [5, 5.41) is -5.00. The van der Waals surface area contributed by atoms with E-state index in [1.54, 1.807) is 0 Å². The highest BCUT2D eigenvalue weighted by Gasteiger charge is 2.52. The molecule has 4 aromatic rings. The Morgan fingerprint density at radius 2 is 0.651 bits per heavy atom. The molecule has 0 saturated carbocycles. The van der Waals surface area contributed by atoms with E-state index in [9.17, 15) is 52.7 Å². The zero-order valence-corrected chi connectivity index (χ0v) is 22.9. The van der Waals surface area contributed by atoms with E-state index in [1.807, 2.05) is 0 Å².